The van der Waals surface area contributed by atoms with Crippen LogP contribution < -0.4 is 10.5 Å². The molecule has 2 aliphatic heterocycles. The number of nitrogens with zero attached hydrogens (tertiary/aromatic N) is 5. The molecule has 1 unspecified atom stereocenters. The van der Waals surface area contributed by atoms with Crippen LogP contribution in [0.3, 0.4) is 0 Å². The molecule has 7 nitrogen and oxygen atoms in total. The molecule has 0 bridgehead atoms. The maximum absolute atomic E-state index is 13.5. The number of hydrogen-bond donors (Lipinski definition) is 0. The van der Waals surface area contributed by atoms with Gasteiger partial charge in [0.15, 0.2) is 6.23 Å². The Morgan fingerprint density at radius 3 is 2.58 bits per heavy atom. The van der Waals surface area contributed by atoms with Gasteiger partial charge in [0.1, 0.15) is 0 Å². The third kappa shape index (κ3) is 4.42. The second kappa shape index (κ2) is 9.06. The standard InChI is InChI=1S/C26H28F3N5O2/c27-26(28,29)19-8-4-17(5-9-19)14-33-16-30-20-15-32(11-10-21(20)33)22-13-31-34(23-3-1-2-12-36-23)25(35)24(22)18-6-7-18/h4-5,8-9,13,16,18,23H,1-3,6-7,10-12,14-15H2. The first-order valence-corrected chi connectivity index (χ1v) is 12.6. The maximum atomic E-state index is 13.5. The summed E-state index contributed by atoms with van der Waals surface area (Å²) in [5, 5.41) is 4.52. The molecule has 0 amide bonds. The molecule has 36 heavy (non-hydrogen) atoms. The van der Waals surface area contributed by atoms with Crippen LogP contribution in [0, 0.1) is 0 Å². The number of imidazole rings is 1. The Labute approximate surface area is 206 Å². The van der Waals surface area contributed by atoms with Crippen molar-refractivity contribution < 1.29 is 17.9 Å². The molecule has 1 saturated heterocycles. The fraction of sp³-hybridized carbons (Fsp3) is 0.500. The fourth-order valence-electron chi connectivity index (χ4n) is 5.31. The van der Waals surface area contributed by atoms with Crippen LogP contribution >= 0.6 is 0 Å². The highest BCUT2D eigenvalue weighted by atomic mass is 19.4. The van der Waals surface area contributed by atoms with Crippen molar-refractivity contribution in [2.75, 3.05) is 18.1 Å². The number of benzene rings is 1. The highest BCUT2D eigenvalue weighted by Gasteiger charge is 2.35. The molecule has 4 heterocycles. The summed E-state index contributed by atoms with van der Waals surface area (Å²) >= 11 is 0. The van der Waals surface area contributed by atoms with E-state index < -0.39 is 11.7 Å². The van der Waals surface area contributed by atoms with E-state index in [9.17, 15) is 18.0 Å². The van der Waals surface area contributed by atoms with Gasteiger partial charge in [0.2, 0.25) is 0 Å². The Morgan fingerprint density at radius 1 is 1.08 bits per heavy atom. The van der Waals surface area contributed by atoms with Crippen LogP contribution in [0.4, 0.5) is 18.9 Å². The molecule has 0 radical (unpaired) electrons. The highest BCUT2D eigenvalue weighted by molar-refractivity contribution is 5.55. The van der Waals surface area contributed by atoms with Gasteiger partial charge in [-0.2, -0.15) is 18.3 Å². The number of hydrogen-bond acceptors (Lipinski definition) is 5. The van der Waals surface area contributed by atoms with Crippen molar-refractivity contribution in [1.29, 1.82) is 0 Å². The lowest BCUT2D eigenvalue weighted by Crippen LogP contribution is -2.37. The van der Waals surface area contributed by atoms with Crippen LogP contribution in [-0.2, 0) is 30.4 Å². The molecule has 1 aromatic carbocycles. The number of alkyl halides is 3. The molecule has 190 valence electrons. The average molecular weight is 500 g/mol. The zero-order valence-electron chi connectivity index (χ0n) is 19.9. The summed E-state index contributed by atoms with van der Waals surface area (Å²) in [4.78, 5) is 20.2. The van der Waals surface area contributed by atoms with Crippen LogP contribution in [0.5, 0.6) is 0 Å². The summed E-state index contributed by atoms with van der Waals surface area (Å²) < 4.78 is 48.0. The molecule has 1 aliphatic carbocycles. The Balaban J connectivity index is 1.22. The van der Waals surface area contributed by atoms with E-state index >= 15 is 0 Å². The van der Waals surface area contributed by atoms with E-state index in [4.69, 9.17) is 4.74 Å². The van der Waals surface area contributed by atoms with E-state index in [1.807, 2.05) is 10.8 Å². The second-order valence-corrected chi connectivity index (χ2v) is 9.92. The number of ether oxygens (including phenoxy) is 1. The van der Waals surface area contributed by atoms with Crippen molar-refractivity contribution in [2.24, 2.45) is 0 Å². The smallest absolute Gasteiger partial charge is 0.363 e. The van der Waals surface area contributed by atoms with Crippen molar-refractivity contribution in [2.45, 2.75) is 69.9 Å². The predicted octanol–water partition coefficient (Wildman–Crippen LogP) is 4.65. The summed E-state index contributed by atoms with van der Waals surface area (Å²) in [6.07, 6.45) is 4.55. The van der Waals surface area contributed by atoms with E-state index in [0.29, 0.717) is 19.7 Å². The Kier molecular flexibility index (Phi) is 5.86. The van der Waals surface area contributed by atoms with Crippen molar-refractivity contribution in [3.63, 3.8) is 0 Å². The zero-order valence-corrected chi connectivity index (χ0v) is 19.9. The predicted molar refractivity (Wildman–Crippen MR) is 127 cm³/mol. The number of halogens is 3. The van der Waals surface area contributed by atoms with Crippen LogP contribution in [0.15, 0.2) is 41.6 Å². The van der Waals surface area contributed by atoms with Crippen molar-refractivity contribution in [3.05, 3.63) is 75.2 Å². The van der Waals surface area contributed by atoms with Gasteiger partial charge in [0, 0.05) is 37.4 Å². The summed E-state index contributed by atoms with van der Waals surface area (Å²) in [5.74, 6) is 0.268. The van der Waals surface area contributed by atoms with Gasteiger partial charge >= 0.3 is 6.18 Å². The van der Waals surface area contributed by atoms with Gasteiger partial charge in [0.05, 0.1) is 36.0 Å². The topological polar surface area (TPSA) is 65.2 Å². The molecule has 6 rings (SSSR count). The Morgan fingerprint density at radius 2 is 1.89 bits per heavy atom. The SMILES string of the molecule is O=c1c(C2CC2)c(N2CCc3c(ncn3Cc3ccc(C(F)(F)F)cc3)C2)cnn1C1CCCCO1. The number of rotatable bonds is 5. The molecule has 1 atom stereocenters. The molecule has 1 saturated carbocycles. The molecular formula is C26H28F3N5O2. The number of fused-ring (bicyclic) bond motifs is 1. The molecular weight excluding hydrogens is 471 g/mol. The van der Waals surface area contributed by atoms with E-state index in [0.717, 1.165) is 85.4 Å². The van der Waals surface area contributed by atoms with Gasteiger partial charge in [-0.3, -0.25) is 4.79 Å². The number of anilines is 1. The summed E-state index contributed by atoms with van der Waals surface area (Å²) in [6, 6.07) is 5.27. The first-order chi connectivity index (χ1) is 17.4. The van der Waals surface area contributed by atoms with Crippen molar-refractivity contribution >= 4 is 5.69 Å². The van der Waals surface area contributed by atoms with Crippen LogP contribution in [-0.4, -0.2) is 32.5 Å². The third-order valence-corrected chi connectivity index (χ3v) is 7.40. The quantitative estimate of drug-likeness (QED) is 0.512. The fourth-order valence-corrected chi connectivity index (χ4v) is 5.31. The van der Waals surface area contributed by atoms with Crippen LogP contribution in [0.1, 0.15) is 72.3 Å². The summed E-state index contributed by atoms with van der Waals surface area (Å²) in [7, 11) is 0. The molecule has 0 N–H and O–H groups in total. The second-order valence-electron chi connectivity index (χ2n) is 9.92. The molecule has 3 aromatic rings. The lowest BCUT2D eigenvalue weighted by Gasteiger charge is -2.31. The van der Waals surface area contributed by atoms with Gasteiger partial charge in [-0.05, 0) is 55.7 Å². The van der Waals surface area contributed by atoms with Crippen molar-refractivity contribution in [3.8, 4) is 0 Å². The first kappa shape index (κ1) is 23.3. The highest BCUT2D eigenvalue weighted by Crippen LogP contribution is 2.43. The molecule has 2 aromatic heterocycles. The van der Waals surface area contributed by atoms with E-state index in [1.54, 1.807) is 6.33 Å². The minimum Gasteiger partial charge on any atom is -0.363 e. The number of aromatic nitrogens is 4. The van der Waals surface area contributed by atoms with Gasteiger partial charge in [0.25, 0.3) is 5.56 Å². The Hall–Kier alpha value is -3.14. The lowest BCUT2D eigenvalue weighted by atomic mass is 10.1. The van der Waals surface area contributed by atoms with Gasteiger partial charge in [-0.25, -0.2) is 9.67 Å². The summed E-state index contributed by atoms with van der Waals surface area (Å²) in [6.45, 7) is 2.41. The zero-order chi connectivity index (χ0) is 24.9. The van der Waals surface area contributed by atoms with Crippen LogP contribution in [0.25, 0.3) is 0 Å². The Bertz CT molecular complexity index is 1300. The molecule has 2 fully saturated rings. The minimum absolute atomic E-state index is 0.0412. The molecule has 3 aliphatic rings. The normalized spacial score (nSPS) is 20.4. The van der Waals surface area contributed by atoms with E-state index in [1.165, 1.54) is 16.8 Å². The molecule has 10 heteroatoms. The first-order valence-electron chi connectivity index (χ1n) is 12.6. The van der Waals surface area contributed by atoms with Crippen molar-refractivity contribution in [1.82, 2.24) is 19.3 Å². The molecule has 0 spiro atoms. The van der Waals surface area contributed by atoms with Crippen LogP contribution in [0.2, 0.25) is 0 Å². The average Bonchev–Trinajstić information content (AvgIpc) is 3.64. The van der Waals surface area contributed by atoms with E-state index in [2.05, 4.69) is 15.0 Å². The van der Waals surface area contributed by atoms with Gasteiger partial charge < -0.3 is 14.2 Å². The maximum Gasteiger partial charge on any atom is 0.416 e. The van der Waals surface area contributed by atoms with Gasteiger partial charge in [-0.15, -0.1) is 0 Å². The minimum atomic E-state index is -4.34. The monoisotopic (exact) mass is 499 g/mol. The van der Waals surface area contributed by atoms with E-state index in [-0.39, 0.29) is 17.7 Å². The summed E-state index contributed by atoms with van der Waals surface area (Å²) in [5.41, 5.74) is 3.83. The largest absolute Gasteiger partial charge is 0.416 e. The lowest BCUT2D eigenvalue weighted by molar-refractivity contribution is -0.137. The third-order valence-electron chi connectivity index (χ3n) is 7.40. The van der Waals surface area contributed by atoms with Gasteiger partial charge in [-0.1, -0.05) is 12.1 Å².